The molecule has 2 aromatic heterocycles. The number of thioether (sulfide) groups is 1. The number of alkyl halides is 2. The third kappa shape index (κ3) is 4.34. The monoisotopic (exact) mass is 401 g/mol. The number of carbonyl (C=O) groups excluding carboxylic acids is 1. The smallest absolute Gasteiger partial charge is 0.250 e. The molecule has 144 valence electrons. The van der Waals surface area contributed by atoms with Crippen LogP contribution in [0.3, 0.4) is 0 Å². The molecule has 0 fully saturated rings. The van der Waals surface area contributed by atoms with Crippen molar-refractivity contribution in [1.29, 1.82) is 5.26 Å². The molecule has 0 aromatic carbocycles. The molecular weight excluding hydrogens is 384 g/mol. The van der Waals surface area contributed by atoms with Crippen LogP contribution in [0.15, 0.2) is 41.7 Å². The molecule has 2 aromatic rings. The van der Waals surface area contributed by atoms with Gasteiger partial charge in [0.25, 0.3) is 6.43 Å². The summed E-state index contributed by atoms with van der Waals surface area (Å²) in [7, 11) is 0. The summed E-state index contributed by atoms with van der Waals surface area (Å²) in [6.07, 6.45) is 0.508. The van der Waals surface area contributed by atoms with Gasteiger partial charge in [0, 0.05) is 18.8 Å². The number of nitriles is 1. The lowest BCUT2D eigenvalue weighted by Gasteiger charge is -2.33. The highest BCUT2D eigenvalue weighted by atomic mass is 32.2. The van der Waals surface area contributed by atoms with Crippen LogP contribution in [0.4, 0.5) is 8.78 Å². The summed E-state index contributed by atoms with van der Waals surface area (Å²) in [5, 5.41) is 7.94. The molecule has 2 N–H and O–H groups in total. The van der Waals surface area contributed by atoms with E-state index >= 15 is 0 Å². The number of carbonyl (C=O) groups is 1. The van der Waals surface area contributed by atoms with Gasteiger partial charge in [-0.3, -0.25) is 14.8 Å². The number of hydrogen-bond donors (Lipinski definition) is 1. The Labute approximate surface area is 164 Å². The third-order valence-electron chi connectivity index (χ3n) is 4.43. The summed E-state index contributed by atoms with van der Waals surface area (Å²) < 4.78 is 26.4. The molecule has 0 radical (unpaired) electrons. The molecule has 6 nitrogen and oxygen atoms in total. The van der Waals surface area contributed by atoms with E-state index < -0.39 is 17.2 Å². The lowest BCUT2D eigenvalue weighted by molar-refractivity contribution is 0.0988. The number of nitrogens with two attached hydrogens (primary N) is 1. The van der Waals surface area contributed by atoms with Crippen molar-refractivity contribution in [2.45, 2.75) is 37.0 Å². The first-order chi connectivity index (χ1) is 13.3. The maximum Gasteiger partial charge on any atom is 0.250 e. The van der Waals surface area contributed by atoms with E-state index in [2.05, 4.69) is 15.0 Å². The van der Waals surface area contributed by atoms with Crippen LogP contribution in [0, 0.1) is 11.3 Å². The summed E-state index contributed by atoms with van der Waals surface area (Å²) in [4.78, 5) is 25.1. The molecule has 1 aliphatic rings. The van der Waals surface area contributed by atoms with E-state index in [4.69, 9.17) is 11.0 Å². The molecule has 0 saturated heterocycles. The van der Waals surface area contributed by atoms with Crippen molar-refractivity contribution < 1.29 is 13.6 Å². The molecule has 0 aliphatic carbocycles. The first-order valence-electron chi connectivity index (χ1n) is 8.45. The maximum absolute atomic E-state index is 13.2. The Morgan fingerprint density at radius 2 is 2.21 bits per heavy atom. The molecular formula is C19H17F2N5OS. The highest BCUT2D eigenvalue weighted by Crippen LogP contribution is 2.40. The second-order valence-electron chi connectivity index (χ2n) is 6.61. The second kappa shape index (κ2) is 8.02. The molecule has 0 bridgehead atoms. The Morgan fingerprint density at radius 3 is 2.86 bits per heavy atom. The molecule has 0 spiro atoms. The Morgan fingerprint density at radius 1 is 1.43 bits per heavy atom. The summed E-state index contributed by atoms with van der Waals surface area (Å²) in [5.41, 5.74) is 6.55. The number of rotatable bonds is 5. The van der Waals surface area contributed by atoms with Crippen molar-refractivity contribution in [3.05, 3.63) is 59.2 Å². The van der Waals surface area contributed by atoms with Crippen molar-refractivity contribution in [2.75, 3.05) is 0 Å². The number of ketones is 1. The fraction of sp³-hybridized carbons (Fsp3) is 0.316. The summed E-state index contributed by atoms with van der Waals surface area (Å²) in [6, 6.07) is 8.35. The van der Waals surface area contributed by atoms with Crippen LogP contribution in [0.2, 0.25) is 0 Å². The van der Waals surface area contributed by atoms with Crippen LogP contribution >= 0.6 is 11.8 Å². The number of pyridine rings is 2. The highest BCUT2D eigenvalue weighted by Gasteiger charge is 2.39. The van der Waals surface area contributed by atoms with Crippen LogP contribution in [-0.4, -0.2) is 32.6 Å². The van der Waals surface area contributed by atoms with Gasteiger partial charge in [-0.25, -0.2) is 13.8 Å². The zero-order chi connectivity index (χ0) is 20.3. The fourth-order valence-corrected chi connectivity index (χ4v) is 4.06. The highest BCUT2D eigenvalue weighted by molar-refractivity contribution is 8.14. The Balaban J connectivity index is 1.82. The standard InChI is InChI=1S/C19H17F2N5OS/c1-19(8-15(17(20)21)28-18(23)26-19)16-7-11(4-5-24-16)6-14(27)13-3-2-12(9-22)10-25-13/h2-5,7,10,15,17H,6,8H2,1H3,(H2,23,26)/t15-,19-/m0/s1. The number of hydrogen-bond acceptors (Lipinski definition) is 7. The predicted octanol–water partition coefficient (Wildman–Crippen LogP) is 3.07. The van der Waals surface area contributed by atoms with E-state index in [9.17, 15) is 13.6 Å². The molecule has 0 unspecified atom stereocenters. The number of nitrogens with zero attached hydrogens (tertiary/aromatic N) is 4. The van der Waals surface area contributed by atoms with E-state index in [-0.39, 0.29) is 29.5 Å². The lowest BCUT2D eigenvalue weighted by atomic mass is 9.90. The van der Waals surface area contributed by atoms with E-state index in [0.29, 0.717) is 16.8 Å². The van der Waals surface area contributed by atoms with Gasteiger partial charge in [0.05, 0.1) is 16.5 Å². The minimum absolute atomic E-state index is 0.0662. The molecule has 3 rings (SSSR count). The number of amidine groups is 1. The Kier molecular flexibility index (Phi) is 5.70. The number of halogens is 2. The van der Waals surface area contributed by atoms with Crippen LogP contribution in [-0.2, 0) is 12.0 Å². The zero-order valence-corrected chi connectivity index (χ0v) is 15.8. The summed E-state index contributed by atoms with van der Waals surface area (Å²) >= 11 is 0.871. The fourth-order valence-electron chi connectivity index (χ4n) is 2.99. The number of aromatic nitrogens is 2. The Bertz CT molecular complexity index is 958. The van der Waals surface area contributed by atoms with E-state index in [1.165, 1.54) is 24.5 Å². The van der Waals surface area contributed by atoms with Gasteiger partial charge in [-0.2, -0.15) is 5.26 Å². The lowest BCUT2D eigenvalue weighted by Crippen LogP contribution is -2.37. The normalized spacial score (nSPS) is 21.8. The average molecular weight is 401 g/mol. The molecule has 1 aliphatic heterocycles. The van der Waals surface area contributed by atoms with Gasteiger partial charge in [0.1, 0.15) is 17.3 Å². The first kappa shape index (κ1) is 19.9. The number of aliphatic imine (C=N–C) groups is 1. The van der Waals surface area contributed by atoms with Gasteiger partial charge < -0.3 is 5.73 Å². The van der Waals surface area contributed by atoms with Gasteiger partial charge in [-0.1, -0.05) is 11.8 Å². The minimum atomic E-state index is -2.52. The van der Waals surface area contributed by atoms with Crippen molar-refractivity contribution in [3.63, 3.8) is 0 Å². The zero-order valence-electron chi connectivity index (χ0n) is 15.0. The SMILES string of the molecule is C[C@@]1(c2cc(CC(=O)c3ccc(C#N)cn3)ccn2)C[C@@H](C(F)F)SC(N)=N1. The molecule has 3 heterocycles. The van der Waals surface area contributed by atoms with Gasteiger partial charge in [-0.15, -0.1) is 0 Å². The molecule has 2 atom stereocenters. The van der Waals surface area contributed by atoms with Crippen LogP contribution in [0.5, 0.6) is 0 Å². The summed E-state index contributed by atoms with van der Waals surface area (Å²) in [6.45, 7) is 1.71. The molecule has 28 heavy (non-hydrogen) atoms. The minimum Gasteiger partial charge on any atom is -0.379 e. The van der Waals surface area contributed by atoms with Crippen LogP contribution in [0.25, 0.3) is 0 Å². The van der Waals surface area contributed by atoms with Crippen molar-refractivity contribution in [3.8, 4) is 6.07 Å². The van der Waals surface area contributed by atoms with Crippen molar-refractivity contribution in [1.82, 2.24) is 9.97 Å². The molecule has 0 amide bonds. The maximum atomic E-state index is 13.2. The van der Waals surface area contributed by atoms with Gasteiger partial charge >= 0.3 is 0 Å². The molecule has 0 saturated carbocycles. The van der Waals surface area contributed by atoms with Gasteiger partial charge in [0.2, 0.25) is 0 Å². The van der Waals surface area contributed by atoms with Crippen molar-refractivity contribution in [2.24, 2.45) is 10.7 Å². The average Bonchev–Trinajstić information content (AvgIpc) is 2.67. The van der Waals surface area contributed by atoms with Crippen LogP contribution in [0.1, 0.15) is 40.7 Å². The Hall–Kier alpha value is -2.86. The van der Waals surface area contributed by atoms with Crippen molar-refractivity contribution >= 4 is 22.7 Å². The number of Topliss-reactive ketones (excluding diaryl/α,β-unsaturated/α-hetero) is 1. The summed E-state index contributed by atoms with van der Waals surface area (Å²) in [5.74, 6) is -0.223. The predicted molar refractivity (Wildman–Crippen MR) is 102 cm³/mol. The first-order valence-corrected chi connectivity index (χ1v) is 9.33. The van der Waals surface area contributed by atoms with E-state index in [1.54, 1.807) is 19.1 Å². The largest absolute Gasteiger partial charge is 0.379 e. The molecule has 9 heteroatoms. The third-order valence-corrected chi connectivity index (χ3v) is 5.44. The quantitative estimate of drug-likeness (QED) is 0.772. The van der Waals surface area contributed by atoms with E-state index in [1.807, 2.05) is 6.07 Å². The van der Waals surface area contributed by atoms with Gasteiger partial charge in [-0.05, 0) is 43.2 Å². The van der Waals surface area contributed by atoms with Crippen LogP contribution < -0.4 is 5.73 Å². The van der Waals surface area contributed by atoms with E-state index in [0.717, 1.165) is 11.8 Å². The second-order valence-corrected chi connectivity index (χ2v) is 7.87. The van der Waals surface area contributed by atoms with Gasteiger partial charge in [0.15, 0.2) is 11.0 Å². The topological polar surface area (TPSA) is 105 Å².